The van der Waals surface area contributed by atoms with Gasteiger partial charge in [-0.2, -0.15) is 5.10 Å². The number of carbonyl (C=O) groups is 2. The first-order chi connectivity index (χ1) is 12.4. The third kappa shape index (κ3) is 3.52. The number of amides is 1. The predicted octanol–water partition coefficient (Wildman–Crippen LogP) is 2.46. The van der Waals surface area contributed by atoms with Gasteiger partial charge in [-0.1, -0.05) is 0 Å². The summed E-state index contributed by atoms with van der Waals surface area (Å²) < 4.78 is 6.44. The van der Waals surface area contributed by atoms with Crippen molar-refractivity contribution in [1.82, 2.24) is 19.7 Å². The Morgan fingerprint density at radius 3 is 2.81 bits per heavy atom. The second kappa shape index (κ2) is 7.12. The Kier molecular flexibility index (Phi) is 4.90. The Balaban J connectivity index is 1.69. The molecule has 0 spiro atoms. The van der Waals surface area contributed by atoms with E-state index >= 15 is 0 Å². The molecule has 2 N–H and O–H groups in total. The van der Waals surface area contributed by atoms with Crippen molar-refractivity contribution in [3.63, 3.8) is 0 Å². The Morgan fingerprint density at radius 2 is 2.15 bits per heavy atom. The van der Waals surface area contributed by atoms with Gasteiger partial charge in [-0.05, 0) is 19.9 Å². The van der Waals surface area contributed by atoms with Crippen molar-refractivity contribution in [2.24, 2.45) is 7.05 Å². The van der Waals surface area contributed by atoms with Crippen LogP contribution < -0.4 is 5.32 Å². The fourth-order valence-corrected chi connectivity index (χ4v) is 3.37. The highest BCUT2D eigenvalue weighted by molar-refractivity contribution is 7.14. The van der Waals surface area contributed by atoms with Gasteiger partial charge in [-0.3, -0.25) is 9.48 Å². The van der Waals surface area contributed by atoms with E-state index in [2.05, 4.69) is 25.1 Å². The highest BCUT2D eigenvalue weighted by Crippen LogP contribution is 2.26. The van der Waals surface area contributed by atoms with E-state index in [1.54, 1.807) is 16.9 Å². The second-order valence-corrected chi connectivity index (χ2v) is 6.69. The maximum Gasteiger partial charge on any atom is 0.354 e. The number of hydrogen-bond donors (Lipinski definition) is 2. The number of esters is 1. The largest absolute Gasteiger partial charge is 0.464 e. The minimum atomic E-state index is -0.442. The molecule has 136 valence electrons. The van der Waals surface area contributed by atoms with Crippen LogP contribution in [0.5, 0.6) is 0 Å². The van der Waals surface area contributed by atoms with E-state index in [0.717, 1.165) is 22.5 Å². The zero-order valence-corrected chi connectivity index (χ0v) is 15.7. The number of rotatable bonds is 5. The number of hydrogen-bond acceptors (Lipinski definition) is 6. The highest BCUT2D eigenvalue weighted by atomic mass is 32.1. The van der Waals surface area contributed by atoms with Crippen molar-refractivity contribution in [2.45, 2.75) is 20.3 Å². The van der Waals surface area contributed by atoms with Crippen molar-refractivity contribution >= 4 is 28.3 Å². The van der Waals surface area contributed by atoms with Gasteiger partial charge in [0.1, 0.15) is 5.69 Å². The fourth-order valence-electron chi connectivity index (χ4n) is 2.63. The molecule has 0 radical (unpaired) electrons. The van der Waals surface area contributed by atoms with Gasteiger partial charge in [0, 0.05) is 35.4 Å². The minimum Gasteiger partial charge on any atom is -0.464 e. The Hall–Kier alpha value is -2.94. The molecular weight excluding hydrogens is 354 g/mol. The molecule has 0 aliphatic rings. The first kappa shape index (κ1) is 17.9. The number of nitrogens with one attached hydrogen (secondary N) is 2. The Labute approximate surface area is 154 Å². The molecule has 26 heavy (non-hydrogen) atoms. The van der Waals surface area contributed by atoms with E-state index in [0.29, 0.717) is 16.5 Å². The quantitative estimate of drug-likeness (QED) is 0.669. The normalized spacial score (nSPS) is 10.8. The minimum absolute atomic E-state index is 0.144. The van der Waals surface area contributed by atoms with Gasteiger partial charge in [0.15, 0.2) is 5.13 Å². The van der Waals surface area contributed by atoms with Crippen molar-refractivity contribution in [3.8, 4) is 11.3 Å². The standard InChI is InChI=1S/C17H19N5O3S/c1-9-12(10(2)22(3)21-9)6-15(23)20-17-19-14(8-26-17)11-5-13(18-7-11)16(24)25-4/h5,7-8,18H,6H2,1-4H3,(H,19,20,23). The zero-order chi connectivity index (χ0) is 18.8. The van der Waals surface area contributed by atoms with E-state index in [1.165, 1.54) is 18.4 Å². The van der Waals surface area contributed by atoms with Gasteiger partial charge in [0.2, 0.25) is 5.91 Å². The summed E-state index contributed by atoms with van der Waals surface area (Å²) in [5.41, 5.74) is 4.52. The van der Waals surface area contributed by atoms with E-state index in [1.807, 2.05) is 26.3 Å². The summed E-state index contributed by atoms with van der Waals surface area (Å²) in [6.07, 6.45) is 1.92. The molecule has 0 aliphatic carbocycles. The summed E-state index contributed by atoms with van der Waals surface area (Å²) in [7, 11) is 3.18. The first-order valence-corrected chi connectivity index (χ1v) is 8.78. The number of anilines is 1. The monoisotopic (exact) mass is 373 g/mol. The van der Waals surface area contributed by atoms with Crippen LogP contribution in [-0.4, -0.2) is 38.7 Å². The molecule has 8 nitrogen and oxygen atoms in total. The molecule has 9 heteroatoms. The lowest BCUT2D eigenvalue weighted by Gasteiger charge is -2.02. The molecule has 3 aromatic heterocycles. The number of aryl methyl sites for hydroxylation is 2. The molecule has 0 saturated heterocycles. The van der Waals surface area contributed by atoms with Gasteiger partial charge in [-0.15, -0.1) is 11.3 Å². The topological polar surface area (TPSA) is 102 Å². The van der Waals surface area contributed by atoms with Gasteiger partial charge < -0.3 is 15.0 Å². The molecular formula is C17H19N5O3S. The number of ether oxygens (including phenoxy) is 1. The lowest BCUT2D eigenvalue weighted by Crippen LogP contribution is -2.15. The van der Waals surface area contributed by atoms with Crippen LogP contribution in [0.1, 0.15) is 27.4 Å². The number of thiazole rings is 1. The molecule has 0 aliphatic heterocycles. The van der Waals surface area contributed by atoms with E-state index < -0.39 is 5.97 Å². The maximum atomic E-state index is 12.3. The second-order valence-electron chi connectivity index (χ2n) is 5.83. The maximum absolute atomic E-state index is 12.3. The summed E-state index contributed by atoms with van der Waals surface area (Å²) in [4.78, 5) is 31.1. The lowest BCUT2D eigenvalue weighted by atomic mass is 10.1. The molecule has 0 atom stereocenters. The van der Waals surface area contributed by atoms with Crippen molar-refractivity contribution < 1.29 is 14.3 Å². The number of methoxy groups -OCH3 is 1. The molecule has 0 unspecified atom stereocenters. The zero-order valence-electron chi connectivity index (χ0n) is 14.9. The third-order valence-electron chi connectivity index (χ3n) is 4.13. The SMILES string of the molecule is COC(=O)c1cc(-c2csc(NC(=O)Cc3c(C)nn(C)c3C)n2)c[nH]1. The smallest absolute Gasteiger partial charge is 0.354 e. The molecule has 1 amide bonds. The average molecular weight is 373 g/mol. The number of nitrogens with zero attached hydrogens (tertiary/aromatic N) is 3. The summed E-state index contributed by atoms with van der Waals surface area (Å²) in [5, 5.41) is 9.46. The predicted molar refractivity (Wildman–Crippen MR) is 98.3 cm³/mol. The van der Waals surface area contributed by atoms with Crippen molar-refractivity contribution in [2.75, 3.05) is 12.4 Å². The molecule has 3 rings (SSSR count). The summed E-state index contributed by atoms with van der Waals surface area (Å²) in [6, 6.07) is 1.66. The van der Waals surface area contributed by atoms with E-state index in [4.69, 9.17) is 0 Å². The van der Waals surface area contributed by atoms with Crippen LogP contribution in [0.4, 0.5) is 5.13 Å². The van der Waals surface area contributed by atoms with Crippen LogP contribution in [0.25, 0.3) is 11.3 Å². The van der Waals surface area contributed by atoms with Gasteiger partial charge in [-0.25, -0.2) is 9.78 Å². The lowest BCUT2D eigenvalue weighted by molar-refractivity contribution is -0.115. The fraction of sp³-hybridized carbons (Fsp3) is 0.294. The van der Waals surface area contributed by atoms with Crippen LogP contribution in [0.3, 0.4) is 0 Å². The molecule has 3 aromatic rings. The average Bonchev–Trinajstić information content (AvgIpc) is 3.31. The van der Waals surface area contributed by atoms with Crippen LogP contribution in [-0.2, 0) is 23.0 Å². The van der Waals surface area contributed by atoms with Gasteiger partial charge in [0.25, 0.3) is 0 Å². The number of aromatic nitrogens is 4. The molecule has 0 fully saturated rings. The third-order valence-corrected chi connectivity index (χ3v) is 4.89. The Bertz CT molecular complexity index is 969. The van der Waals surface area contributed by atoms with Crippen LogP contribution in [0, 0.1) is 13.8 Å². The van der Waals surface area contributed by atoms with Crippen LogP contribution in [0.15, 0.2) is 17.6 Å². The first-order valence-electron chi connectivity index (χ1n) is 7.90. The molecule has 0 saturated carbocycles. The summed E-state index contributed by atoms with van der Waals surface area (Å²) in [6.45, 7) is 3.83. The summed E-state index contributed by atoms with van der Waals surface area (Å²) in [5.74, 6) is -0.586. The molecule has 0 aromatic carbocycles. The highest BCUT2D eigenvalue weighted by Gasteiger charge is 2.16. The van der Waals surface area contributed by atoms with Gasteiger partial charge >= 0.3 is 5.97 Å². The number of carbonyl (C=O) groups excluding carboxylic acids is 2. The van der Waals surface area contributed by atoms with Crippen molar-refractivity contribution in [3.05, 3.63) is 40.3 Å². The van der Waals surface area contributed by atoms with Crippen LogP contribution >= 0.6 is 11.3 Å². The number of aromatic amines is 1. The van der Waals surface area contributed by atoms with Gasteiger partial charge in [0.05, 0.1) is 24.9 Å². The van der Waals surface area contributed by atoms with E-state index in [-0.39, 0.29) is 12.3 Å². The molecule has 3 heterocycles. The molecule has 0 bridgehead atoms. The van der Waals surface area contributed by atoms with Crippen LogP contribution in [0.2, 0.25) is 0 Å². The summed E-state index contributed by atoms with van der Waals surface area (Å²) >= 11 is 1.33. The van der Waals surface area contributed by atoms with E-state index in [9.17, 15) is 9.59 Å². The Morgan fingerprint density at radius 1 is 1.38 bits per heavy atom. The number of H-pyrrole nitrogens is 1. The van der Waals surface area contributed by atoms with Crippen molar-refractivity contribution in [1.29, 1.82) is 0 Å².